The van der Waals surface area contributed by atoms with E-state index < -0.39 is 0 Å². The Balaban J connectivity index is 2.93. The highest BCUT2D eigenvalue weighted by molar-refractivity contribution is 9.10. The van der Waals surface area contributed by atoms with Crippen LogP contribution in [0.4, 0.5) is 11.5 Å². The molecule has 0 N–H and O–H groups in total. The van der Waals surface area contributed by atoms with Gasteiger partial charge >= 0.3 is 5.69 Å². The van der Waals surface area contributed by atoms with Crippen LogP contribution in [0, 0.1) is 0 Å². The van der Waals surface area contributed by atoms with Crippen LogP contribution >= 0.6 is 16.1 Å². The number of hydrogen-bond acceptors (Lipinski definition) is 4. The molecule has 0 saturated heterocycles. The van der Waals surface area contributed by atoms with Crippen molar-refractivity contribution < 1.29 is 0 Å². The Bertz CT molecular complexity index is 533. The van der Waals surface area contributed by atoms with Crippen molar-refractivity contribution in [2.45, 2.75) is 0 Å². The first-order valence-electron chi connectivity index (χ1n) is 4.39. The molecule has 1 aromatic heterocycles. The van der Waals surface area contributed by atoms with Crippen LogP contribution in [0.2, 0.25) is 0 Å². The van der Waals surface area contributed by atoms with Crippen LogP contribution in [0.25, 0.3) is 0 Å². The third-order valence-electron chi connectivity index (χ3n) is 2.56. The van der Waals surface area contributed by atoms with Crippen LogP contribution in [0.1, 0.15) is 0 Å². The number of halogens is 1. The molecule has 1 aliphatic rings. The van der Waals surface area contributed by atoms with Crippen LogP contribution in [-0.2, 0) is 14.1 Å². The van der Waals surface area contributed by atoms with E-state index in [0.717, 1.165) is 4.57 Å². The van der Waals surface area contributed by atoms with Crippen molar-refractivity contribution in [1.82, 2.24) is 9.13 Å². The molecule has 6 nitrogen and oxygen atoms in total. The number of nitrogens with zero attached hydrogens (tertiary/aromatic N) is 4. The molecule has 15 heavy (non-hydrogen) atoms. The lowest BCUT2D eigenvalue weighted by atomic mass is 10.4. The number of hydrogen-bond donors (Lipinski definition) is 0. The number of rotatable bonds is 0. The smallest absolute Gasteiger partial charge is 0.332 e. The first-order chi connectivity index (χ1) is 6.95. The van der Waals surface area contributed by atoms with Gasteiger partial charge < -0.3 is 4.90 Å². The van der Waals surface area contributed by atoms with Crippen molar-refractivity contribution in [2.75, 3.05) is 22.5 Å². The van der Waals surface area contributed by atoms with Crippen LogP contribution in [0.3, 0.4) is 0 Å². The van der Waals surface area contributed by atoms with Gasteiger partial charge in [-0.05, 0) is 0 Å². The Morgan fingerprint density at radius 1 is 1.13 bits per heavy atom. The summed E-state index contributed by atoms with van der Waals surface area (Å²) < 4.78 is 4.27. The van der Waals surface area contributed by atoms with Crippen LogP contribution in [0.5, 0.6) is 0 Å². The molecule has 1 aromatic rings. The minimum atomic E-state index is -0.321. The molecule has 7 heteroatoms. The Kier molecular flexibility index (Phi) is 2.14. The van der Waals surface area contributed by atoms with Gasteiger partial charge in [0.1, 0.15) is 12.4 Å². The highest BCUT2D eigenvalue weighted by Gasteiger charge is 2.29. The van der Waals surface area contributed by atoms with Gasteiger partial charge in [-0.15, -0.1) is 0 Å². The second-order valence-electron chi connectivity index (χ2n) is 3.58. The Morgan fingerprint density at radius 2 is 1.73 bits per heavy atom. The number of fused-ring (bicyclic) bond motifs is 1. The van der Waals surface area contributed by atoms with Gasteiger partial charge in [0.2, 0.25) is 0 Å². The fourth-order valence-electron chi connectivity index (χ4n) is 1.75. The molecule has 0 radical (unpaired) electrons. The fourth-order valence-corrected chi connectivity index (χ4v) is 2.49. The van der Waals surface area contributed by atoms with Crippen molar-refractivity contribution in [3.8, 4) is 0 Å². The number of anilines is 2. The fraction of sp³-hybridized carbons (Fsp3) is 0.500. The average Bonchev–Trinajstić information content (AvgIpc) is 2.47. The van der Waals surface area contributed by atoms with Gasteiger partial charge in [-0.25, -0.2) is 4.79 Å². The molecule has 0 saturated carbocycles. The van der Waals surface area contributed by atoms with E-state index in [1.165, 1.54) is 11.6 Å². The molecule has 82 valence electrons. The summed E-state index contributed by atoms with van der Waals surface area (Å²) in [5, 5.41) is 0. The zero-order valence-electron chi connectivity index (χ0n) is 8.69. The van der Waals surface area contributed by atoms with E-state index in [2.05, 4.69) is 16.1 Å². The normalized spacial score (nSPS) is 14.7. The van der Waals surface area contributed by atoms with Gasteiger partial charge in [0.05, 0.1) is 16.1 Å². The lowest BCUT2D eigenvalue weighted by Gasteiger charge is -2.11. The molecule has 0 aromatic carbocycles. The van der Waals surface area contributed by atoms with Gasteiger partial charge in [-0.1, -0.05) is 0 Å². The SMILES string of the molecule is CN1CN(Br)c2c1c(=O)n(C)c(=O)n2C. The topological polar surface area (TPSA) is 50.5 Å². The molecule has 1 aliphatic heterocycles. The first-order valence-corrected chi connectivity index (χ1v) is 5.10. The van der Waals surface area contributed by atoms with Crippen molar-refractivity contribution in [3.63, 3.8) is 0 Å². The summed E-state index contributed by atoms with van der Waals surface area (Å²) in [7, 11) is 4.94. The maximum absolute atomic E-state index is 11.9. The van der Waals surface area contributed by atoms with Gasteiger partial charge in [-0.2, -0.15) is 0 Å². The van der Waals surface area contributed by atoms with Gasteiger partial charge in [0.15, 0.2) is 5.82 Å². The summed E-state index contributed by atoms with van der Waals surface area (Å²) in [5.74, 6) is 0.602. The van der Waals surface area contributed by atoms with E-state index in [9.17, 15) is 9.59 Å². The summed E-state index contributed by atoms with van der Waals surface area (Å²) in [6, 6.07) is 0. The van der Waals surface area contributed by atoms with Crippen molar-refractivity contribution in [2.24, 2.45) is 14.1 Å². The highest BCUT2D eigenvalue weighted by Crippen LogP contribution is 2.31. The summed E-state index contributed by atoms with van der Waals surface area (Å²) in [6.45, 7) is 0.544. The molecular formula is C8H11BrN4O2. The lowest BCUT2D eigenvalue weighted by Crippen LogP contribution is -2.38. The quantitative estimate of drug-likeness (QED) is 0.605. The minimum absolute atomic E-state index is 0.266. The summed E-state index contributed by atoms with van der Waals surface area (Å²) in [5.41, 5.74) is -0.0486. The third-order valence-corrected chi connectivity index (χ3v) is 3.12. The predicted octanol–water partition coefficient (Wildman–Crippen LogP) is -0.392. The summed E-state index contributed by atoms with van der Waals surface area (Å²) in [4.78, 5) is 25.3. The zero-order valence-corrected chi connectivity index (χ0v) is 10.3. The monoisotopic (exact) mass is 274 g/mol. The highest BCUT2D eigenvalue weighted by atomic mass is 79.9. The van der Waals surface area contributed by atoms with E-state index >= 15 is 0 Å². The van der Waals surface area contributed by atoms with Crippen LogP contribution in [0.15, 0.2) is 9.59 Å². The Labute approximate surface area is 94.7 Å². The molecule has 2 heterocycles. The van der Waals surface area contributed by atoms with E-state index in [0.29, 0.717) is 18.2 Å². The van der Waals surface area contributed by atoms with E-state index in [4.69, 9.17) is 0 Å². The van der Waals surface area contributed by atoms with Gasteiger partial charge in [0.25, 0.3) is 5.56 Å². The second kappa shape index (κ2) is 3.13. The summed E-state index contributed by atoms with van der Waals surface area (Å²) >= 11 is 3.30. The van der Waals surface area contributed by atoms with Crippen molar-refractivity contribution in [3.05, 3.63) is 20.8 Å². The standard InChI is InChI=1S/C8H11BrN4O2/c1-10-4-13(9)6-5(10)7(14)12(3)8(15)11(6)2/h4H2,1-3H3. The minimum Gasteiger partial charge on any atom is -0.349 e. The van der Waals surface area contributed by atoms with Crippen molar-refractivity contribution >= 4 is 27.7 Å². The predicted molar refractivity (Wildman–Crippen MR) is 61.6 cm³/mol. The first kappa shape index (κ1) is 10.3. The van der Waals surface area contributed by atoms with E-state index in [-0.39, 0.29) is 11.2 Å². The molecule has 2 rings (SSSR count). The molecular weight excluding hydrogens is 264 g/mol. The van der Waals surface area contributed by atoms with Crippen LogP contribution in [-0.4, -0.2) is 22.9 Å². The second-order valence-corrected chi connectivity index (χ2v) is 4.44. The molecule has 0 spiro atoms. The largest absolute Gasteiger partial charge is 0.349 e. The molecule has 0 atom stereocenters. The van der Waals surface area contributed by atoms with Gasteiger partial charge in [0, 0.05) is 21.1 Å². The van der Waals surface area contributed by atoms with E-state index in [1.54, 1.807) is 15.9 Å². The molecule has 0 bridgehead atoms. The lowest BCUT2D eigenvalue weighted by molar-refractivity contribution is 0.695. The zero-order chi connectivity index (χ0) is 11.3. The molecule has 0 aliphatic carbocycles. The third kappa shape index (κ3) is 1.22. The van der Waals surface area contributed by atoms with Crippen molar-refractivity contribution in [1.29, 1.82) is 0 Å². The maximum atomic E-state index is 11.9. The molecule has 0 fully saturated rings. The maximum Gasteiger partial charge on any atom is 0.332 e. The average molecular weight is 275 g/mol. The molecule has 0 unspecified atom stereocenters. The Hall–Kier alpha value is -1.24. The molecule has 0 amide bonds. The number of aromatic nitrogens is 2. The van der Waals surface area contributed by atoms with E-state index in [1.807, 2.05) is 7.05 Å². The summed E-state index contributed by atoms with van der Waals surface area (Å²) in [6.07, 6.45) is 0. The van der Waals surface area contributed by atoms with Crippen LogP contribution < -0.4 is 20.1 Å². The van der Waals surface area contributed by atoms with Gasteiger partial charge in [-0.3, -0.25) is 17.9 Å². The Morgan fingerprint density at radius 3 is 2.33 bits per heavy atom.